The van der Waals surface area contributed by atoms with Gasteiger partial charge in [0, 0.05) is 36.2 Å². The fraction of sp³-hybridized carbons (Fsp3) is 0.381. The first kappa shape index (κ1) is 19.4. The number of alkyl halides is 3. The Hall–Kier alpha value is -2.90. The van der Waals surface area contributed by atoms with Crippen LogP contribution in [0.25, 0.3) is 0 Å². The summed E-state index contributed by atoms with van der Waals surface area (Å²) in [4.78, 5) is 13.4. The number of hydrogen-bond donors (Lipinski definition) is 2. The molecule has 2 aliphatic heterocycles. The van der Waals surface area contributed by atoms with Crippen molar-refractivity contribution in [1.29, 1.82) is 0 Å². The van der Waals surface area contributed by atoms with Gasteiger partial charge < -0.3 is 20.3 Å². The predicted molar refractivity (Wildman–Crippen MR) is 106 cm³/mol. The van der Waals surface area contributed by atoms with Crippen LogP contribution in [-0.2, 0) is 4.79 Å². The summed E-state index contributed by atoms with van der Waals surface area (Å²) in [6.45, 7) is 2.77. The van der Waals surface area contributed by atoms with E-state index in [9.17, 15) is 18.0 Å². The van der Waals surface area contributed by atoms with Gasteiger partial charge in [0.25, 0.3) is 5.91 Å². The van der Waals surface area contributed by atoms with Crippen LogP contribution in [0, 0.1) is 12.8 Å². The molecule has 2 aromatic carbocycles. The van der Waals surface area contributed by atoms with E-state index >= 15 is 0 Å². The Morgan fingerprint density at radius 2 is 1.90 bits per heavy atom. The minimum Gasteiger partial charge on any atom is -0.482 e. The van der Waals surface area contributed by atoms with E-state index in [-0.39, 0.29) is 25.4 Å². The van der Waals surface area contributed by atoms with E-state index < -0.39 is 12.1 Å². The highest BCUT2D eigenvalue weighted by Gasteiger charge is 2.41. The second kappa shape index (κ2) is 7.50. The number of hydrogen-bond acceptors (Lipinski definition) is 4. The van der Waals surface area contributed by atoms with E-state index in [1.165, 1.54) is 0 Å². The van der Waals surface area contributed by atoms with Crippen LogP contribution in [0.5, 0.6) is 5.75 Å². The van der Waals surface area contributed by atoms with E-state index in [0.29, 0.717) is 24.5 Å². The van der Waals surface area contributed by atoms with Crippen molar-refractivity contribution in [3.63, 3.8) is 0 Å². The summed E-state index contributed by atoms with van der Waals surface area (Å²) in [6.07, 6.45) is -3.83. The molecule has 0 atom stereocenters. The SMILES string of the molecule is Cc1cc(N2CCC(C(F)(F)F)CC2)ccc1Nc1ccc2c(c1)OCC(=O)N2. The van der Waals surface area contributed by atoms with E-state index in [1.54, 1.807) is 6.07 Å². The normalized spacial score (nSPS) is 17.4. The Kier molecular flexibility index (Phi) is 5.02. The largest absolute Gasteiger partial charge is 0.482 e. The van der Waals surface area contributed by atoms with Gasteiger partial charge in [0.15, 0.2) is 6.61 Å². The molecule has 0 aromatic heterocycles. The summed E-state index contributed by atoms with van der Waals surface area (Å²) in [5, 5.41) is 6.08. The van der Waals surface area contributed by atoms with Crippen LogP contribution >= 0.6 is 0 Å². The number of piperidine rings is 1. The highest BCUT2D eigenvalue weighted by atomic mass is 19.4. The number of halogens is 3. The molecule has 0 saturated carbocycles. The van der Waals surface area contributed by atoms with Gasteiger partial charge in [0.05, 0.1) is 11.6 Å². The second-order valence-electron chi connectivity index (χ2n) is 7.47. The summed E-state index contributed by atoms with van der Waals surface area (Å²) in [5.74, 6) is -0.767. The van der Waals surface area contributed by atoms with E-state index in [1.807, 2.05) is 42.2 Å². The summed E-state index contributed by atoms with van der Waals surface area (Å²) in [7, 11) is 0. The third-order valence-electron chi connectivity index (χ3n) is 5.43. The molecule has 2 N–H and O–H groups in total. The molecule has 0 bridgehead atoms. The van der Waals surface area contributed by atoms with Crippen LogP contribution in [0.4, 0.5) is 35.9 Å². The van der Waals surface area contributed by atoms with Gasteiger partial charge in [-0.15, -0.1) is 0 Å². The first-order chi connectivity index (χ1) is 13.8. The lowest BCUT2D eigenvalue weighted by Crippen LogP contribution is -2.39. The third kappa shape index (κ3) is 4.26. The van der Waals surface area contributed by atoms with Crippen LogP contribution in [0.2, 0.25) is 0 Å². The van der Waals surface area contributed by atoms with Gasteiger partial charge in [-0.1, -0.05) is 0 Å². The third-order valence-corrected chi connectivity index (χ3v) is 5.43. The van der Waals surface area contributed by atoms with Crippen LogP contribution in [0.3, 0.4) is 0 Å². The number of benzene rings is 2. The molecule has 1 fully saturated rings. The lowest BCUT2D eigenvalue weighted by atomic mass is 9.96. The lowest BCUT2D eigenvalue weighted by molar-refractivity contribution is -0.179. The maximum Gasteiger partial charge on any atom is 0.391 e. The molecule has 0 spiro atoms. The van der Waals surface area contributed by atoms with Crippen molar-refractivity contribution >= 4 is 28.7 Å². The van der Waals surface area contributed by atoms with Crippen LogP contribution < -0.4 is 20.3 Å². The summed E-state index contributed by atoms with van der Waals surface area (Å²) < 4.78 is 44.0. The highest BCUT2D eigenvalue weighted by molar-refractivity contribution is 5.95. The van der Waals surface area contributed by atoms with E-state index in [4.69, 9.17) is 4.74 Å². The van der Waals surface area contributed by atoms with Gasteiger partial charge in [-0.3, -0.25) is 4.79 Å². The fourth-order valence-electron chi connectivity index (χ4n) is 3.76. The minimum absolute atomic E-state index is 0.00475. The number of nitrogens with one attached hydrogen (secondary N) is 2. The number of nitrogens with zero attached hydrogens (tertiary/aromatic N) is 1. The summed E-state index contributed by atoms with van der Waals surface area (Å²) in [6, 6.07) is 11.3. The number of rotatable bonds is 3. The molecular weight excluding hydrogens is 383 g/mol. The van der Waals surface area contributed by atoms with Gasteiger partial charge in [-0.05, 0) is 55.7 Å². The van der Waals surface area contributed by atoms with Gasteiger partial charge >= 0.3 is 6.18 Å². The molecule has 8 heteroatoms. The monoisotopic (exact) mass is 405 g/mol. The van der Waals surface area contributed by atoms with Crippen LogP contribution in [-0.4, -0.2) is 31.8 Å². The Labute approximate surface area is 166 Å². The fourth-order valence-corrected chi connectivity index (χ4v) is 3.76. The maximum absolute atomic E-state index is 12.9. The quantitative estimate of drug-likeness (QED) is 0.767. The number of fused-ring (bicyclic) bond motifs is 1. The molecule has 2 heterocycles. The molecule has 2 aliphatic rings. The first-order valence-electron chi connectivity index (χ1n) is 9.55. The van der Waals surface area contributed by atoms with Crippen molar-refractivity contribution in [3.8, 4) is 5.75 Å². The highest BCUT2D eigenvalue weighted by Crippen LogP contribution is 2.36. The van der Waals surface area contributed by atoms with Crippen molar-refractivity contribution in [3.05, 3.63) is 42.0 Å². The van der Waals surface area contributed by atoms with Crippen LogP contribution in [0.15, 0.2) is 36.4 Å². The summed E-state index contributed by atoms with van der Waals surface area (Å²) >= 11 is 0. The molecule has 2 aromatic rings. The molecule has 5 nitrogen and oxygen atoms in total. The van der Waals surface area contributed by atoms with Gasteiger partial charge in [-0.25, -0.2) is 0 Å². The van der Waals surface area contributed by atoms with Gasteiger partial charge in [0.2, 0.25) is 0 Å². The first-order valence-corrected chi connectivity index (χ1v) is 9.55. The summed E-state index contributed by atoms with van der Waals surface area (Å²) in [5.41, 5.74) is 4.29. The number of anilines is 4. The zero-order chi connectivity index (χ0) is 20.6. The molecule has 0 aliphatic carbocycles. The van der Waals surface area contributed by atoms with E-state index in [0.717, 1.165) is 22.6 Å². The number of carbonyl (C=O) groups is 1. The predicted octanol–water partition coefficient (Wildman–Crippen LogP) is 4.85. The average Bonchev–Trinajstić information content (AvgIpc) is 2.69. The van der Waals surface area contributed by atoms with Crippen molar-refractivity contribution in [2.75, 3.05) is 35.2 Å². The van der Waals surface area contributed by atoms with Crippen molar-refractivity contribution < 1.29 is 22.7 Å². The van der Waals surface area contributed by atoms with Gasteiger partial charge in [0.1, 0.15) is 5.75 Å². The smallest absolute Gasteiger partial charge is 0.391 e. The number of carbonyl (C=O) groups excluding carboxylic acids is 1. The Bertz CT molecular complexity index is 922. The minimum atomic E-state index is -4.10. The molecule has 1 saturated heterocycles. The Morgan fingerprint density at radius 3 is 2.59 bits per heavy atom. The number of aryl methyl sites for hydroxylation is 1. The van der Waals surface area contributed by atoms with Crippen LogP contribution in [0.1, 0.15) is 18.4 Å². The molecule has 4 rings (SSSR count). The number of ether oxygens (including phenoxy) is 1. The zero-order valence-corrected chi connectivity index (χ0v) is 16.0. The van der Waals surface area contributed by atoms with Gasteiger partial charge in [-0.2, -0.15) is 13.2 Å². The lowest BCUT2D eigenvalue weighted by Gasteiger charge is -2.34. The van der Waals surface area contributed by atoms with E-state index in [2.05, 4.69) is 10.6 Å². The molecule has 1 amide bonds. The Morgan fingerprint density at radius 1 is 1.14 bits per heavy atom. The molecular formula is C21H22F3N3O2. The Balaban J connectivity index is 1.44. The standard InChI is InChI=1S/C21H22F3N3O2/c1-13-10-16(27-8-6-14(7-9-27)21(22,23)24)3-5-17(13)25-15-2-4-18-19(11-15)29-12-20(28)26-18/h2-5,10-11,14,25H,6-9,12H2,1H3,(H,26,28). The van der Waals surface area contributed by atoms with Crippen molar-refractivity contribution in [2.45, 2.75) is 25.9 Å². The zero-order valence-electron chi connectivity index (χ0n) is 16.0. The average molecular weight is 405 g/mol. The van der Waals surface area contributed by atoms with Crippen molar-refractivity contribution in [2.24, 2.45) is 5.92 Å². The molecule has 29 heavy (non-hydrogen) atoms. The van der Waals surface area contributed by atoms with Crippen molar-refractivity contribution in [1.82, 2.24) is 0 Å². The molecule has 0 unspecified atom stereocenters. The molecule has 154 valence electrons. The topological polar surface area (TPSA) is 53.6 Å². The maximum atomic E-state index is 12.9. The second-order valence-corrected chi connectivity index (χ2v) is 7.47. The number of amides is 1. The molecule has 0 radical (unpaired) electrons.